The number of benzene rings is 2. The first kappa shape index (κ1) is 28.7. The second kappa shape index (κ2) is 14.7. The van der Waals surface area contributed by atoms with Gasteiger partial charge in [0.15, 0.2) is 0 Å². The lowest BCUT2D eigenvalue weighted by Gasteiger charge is -2.34. The summed E-state index contributed by atoms with van der Waals surface area (Å²) in [5.41, 5.74) is 3.60. The van der Waals surface area contributed by atoms with Crippen molar-refractivity contribution in [1.29, 1.82) is 0 Å². The largest absolute Gasteiger partial charge is 0.326 e. The second-order valence-electron chi connectivity index (χ2n) is 8.27. The van der Waals surface area contributed by atoms with Crippen molar-refractivity contribution in [3.8, 4) is 0 Å². The molecule has 1 atom stereocenters. The predicted octanol–water partition coefficient (Wildman–Crippen LogP) is 4.21. The summed E-state index contributed by atoms with van der Waals surface area (Å²) < 4.78 is 0. The number of rotatable bonds is 6. The van der Waals surface area contributed by atoms with Crippen LogP contribution in [0.1, 0.15) is 24.0 Å². The molecule has 0 aromatic heterocycles. The number of carbonyl (C=O) groups excluding carboxylic acids is 1. The van der Waals surface area contributed by atoms with E-state index in [1.165, 1.54) is 11.1 Å². The van der Waals surface area contributed by atoms with Gasteiger partial charge in [0.1, 0.15) is 0 Å². The van der Waals surface area contributed by atoms with E-state index in [-0.39, 0.29) is 49.0 Å². The Bertz CT molecular complexity index is 778. The minimum absolute atomic E-state index is 0. The quantitative estimate of drug-likeness (QED) is 0.622. The van der Waals surface area contributed by atoms with Gasteiger partial charge in [-0.1, -0.05) is 42.5 Å². The van der Waals surface area contributed by atoms with Gasteiger partial charge in [-0.3, -0.25) is 14.6 Å². The van der Waals surface area contributed by atoms with E-state index < -0.39 is 0 Å². The van der Waals surface area contributed by atoms with Crippen LogP contribution in [0.25, 0.3) is 0 Å². The van der Waals surface area contributed by atoms with Crippen LogP contribution >= 0.6 is 37.2 Å². The van der Waals surface area contributed by atoms with E-state index in [0.717, 1.165) is 70.9 Å². The molecule has 1 unspecified atom stereocenters. The second-order valence-corrected chi connectivity index (χ2v) is 8.27. The van der Waals surface area contributed by atoms with Gasteiger partial charge in [-0.25, -0.2) is 0 Å². The molecule has 178 valence electrons. The molecule has 2 aliphatic heterocycles. The summed E-state index contributed by atoms with van der Waals surface area (Å²) in [7, 11) is 0. The van der Waals surface area contributed by atoms with Gasteiger partial charge >= 0.3 is 0 Å². The van der Waals surface area contributed by atoms with Gasteiger partial charge in [-0.2, -0.15) is 0 Å². The standard InChI is InChI=1S/C24H32N4O.3ClH/c29-24(22-7-4-12-25-17-22)26-23-10-8-21(9-11-23)19-28-15-13-27(14-16-28)18-20-5-2-1-3-6-20;;;/h1-3,5-6,8-11,22,25H,4,7,12-19H2,(H,26,29);3*1H. The number of piperazine rings is 1. The minimum Gasteiger partial charge on any atom is -0.326 e. The normalized spacial score (nSPS) is 19.1. The van der Waals surface area contributed by atoms with Crippen LogP contribution < -0.4 is 10.6 Å². The molecular weight excluding hydrogens is 467 g/mol. The SMILES string of the molecule is Cl.Cl.Cl.O=C(Nc1ccc(CN2CCN(Cc3ccccc3)CC2)cc1)C1CCCNC1. The van der Waals surface area contributed by atoms with E-state index in [1.807, 2.05) is 12.1 Å². The zero-order valence-corrected chi connectivity index (χ0v) is 20.8. The highest BCUT2D eigenvalue weighted by molar-refractivity contribution is 5.92. The van der Waals surface area contributed by atoms with Crippen LogP contribution in [-0.2, 0) is 17.9 Å². The summed E-state index contributed by atoms with van der Waals surface area (Å²) in [6.07, 6.45) is 2.06. The first-order valence-corrected chi connectivity index (χ1v) is 10.9. The Hall–Kier alpha value is -1.34. The molecule has 2 aliphatic rings. The number of nitrogens with one attached hydrogen (secondary N) is 2. The Kier molecular flexibility index (Phi) is 13.2. The number of hydrogen-bond donors (Lipinski definition) is 2. The zero-order valence-electron chi connectivity index (χ0n) is 18.4. The van der Waals surface area contributed by atoms with Crippen LogP contribution in [0.4, 0.5) is 5.69 Å². The molecule has 1 amide bonds. The fourth-order valence-corrected chi connectivity index (χ4v) is 4.22. The summed E-state index contributed by atoms with van der Waals surface area (Å²) >= 11 is 0. The van der Waals surface area contributed by atoms with Crippen molar-refractivity contribution in [2.45, 2.75) is 25.9 Å². The molecule has 2 fully saturated rings. The van der Waals surface area contributed by atoms with Gasteiger partial charge < -0.3 is 10.6 Å². The molecule has 0 radical (unpaired) electrons. The molecule has 2 saturated heterocycles. The molecule has 2 aromatic carbocycles. The lowest BCUT2D eigenvalue weighted by Crippen LogP contribution is -2.45. The average molecular weight is 502 g/mol. The van der Waals surface area contributed by atoms with E-state index in [9.17, 15) is 4.79 Å². The third-order valence-electron chi connectivity index (χ3n) is 6.01. The Balaban J connectivity index is 0.00000171. The third kappa shape index (κ3) is 8.54. The van der Waals surface area contributed by atoms with Gasteiger partial charge in [0, 0.05) is 51.5 Å². The number of amides is 1. The molecule has 0 bridgehead atoms. The predicted molar refractivity (Wildman–Crippen MR) is 139 cm³/mol. The van der Waals surface area contributed by atoms with Gasteiger partial charge in [0.05, 0.1) is 5.92 Å². The lowest BCUT2D eigenvalue weighted by atomic mass is 9.99. The van der Waals surface area contributed by atoms with Crippen molar-refractivity contribution in [3.05, 3.63) is 65.7 Å². The molecule has 0 saturated carbocycles. The summed E-state index contributed by atoms with van der Waals surface area (Å²) in [5, 5.41) is 6.38. The van der Waals surface area contributed by atoms with Crippen LogP contribution in [0.5, 0.6) is 0 Å². The van der Waals surface area contributed by atoms with Crippen molar-refractivity contribution >= 4 is 48.8 Å². The van der Waals surface area contributed by atoms with Crippen LogP contribution in [0.15, 0.2) is 54.6 Å². The van der Waals surface area contributed by atoms with Gasteiger partial charge in [0.25, 0.3) is 0 Å². The molecule has 0 spiro atoms. The monoisotopic (exact) mass is 500 g/mol. The van der Waals surface area contributed by atoms with Gasteiger partial charge in [-0.05, 0) is 42.6 Å². The zero-order chi connectivity index (χ0) is 19.9. The topological polar surface area (TPSA) is 47.6 Å². The number of carbonyl (C=O) groups is 1. The fraction of sp³-hybridized carbons (Fsp3) is 0.458. The molecular formula is C24H35Cl3N4O. The fourth-order valence-electron chi connectivity index (χ4n) is 4.22. The number of halogens is 3. The third-order valence-corrected chi connectivity index (χ3v) is 6.01. The van der Waals surface area contributed by atoms with Crippen molar-refractivity contribution in [1.82, 2.24) is 15.1 Å². The number of piperidine rings is 1. The maximum absolute atomic E-state index is 12.4. The minimum atomic E-state index is 0. The molecule has 2 N–H and O–H groups in total. The van der Waals surface area contributed by atoms with Crippen LogP contribution in [0.2, 0.25) is 0 Å². The van der Waals surface area contributed by atoms with E-state index in [4.69, 9.17) is 0 Å². The van der Waals surface area contributed by atoms with Crippen molar-refractivity contribution in [2.24, 2.45) is 5.92 Å². The highest BCUT2D eigenvalue weighted by Crippen LogP contribution is 2.17. The van der Waals surface area contributed by atoms with Crippen molar-refractivity contribution in [2.75, 3.05) is 44.6 Å². The van der Waals surface area contributed by atoms with Crippen LogP contribution in [0, 0.1) is 5.92 Å². The number of nitrogens with zero attached hydrogens (tertiary/aromatic N) is 2. The molecule has 0 aliphatic carbocycles. The summed E-state index contributed by atoms with van der Waals surface area (Å²) in [4.78, 5) is 17.4. The van der Waals surface area contributed by atoms with E-state index >= 15 is 0 Å². The van der Waals surface area contributed by atoms with Gasteiger partial charge in [-0.15, -0.1) is 37.2 Å². The average Bonchev–Trinajstić information content (AvgIpc) is 2.78. The first-order chi connectivity index (χ1) is 14.3. The number of hydrogen-bond acceptors (Lipinski definition) is 4. The molecule has 32 heavy (non-hydrogen) atoms. The maximum Gasteiger partial charge on any atom is 0.228 e. The molecule has 2 heterocycles. The van der Waals surface area contributed by atoms with E-state index in [1.54, 1.807) is 0 Å². The van der Waals surface area contributed by atoms with Crippen LogP contribution in [0.3, 0.4) is 0 Å². The highest BCUT2D eigenvalue weighted by atomic mass is 35.5. The number of anilines is 1. The Morgan fingerprint density at radius 3 is 1.94 bits per heavy atom. The van der Waals surface area contributed by atoms with Gasteiger partial charge in [0.2, 0.25) is 5.91 Å². The lowest BCUT2D eigenvalue weighted by molar-refractivity contribution is -0.120. The molecule has 4 rings (SSSR count). The van der Waals surface area contributed by atoms with E-state index in [0.29, 0.717) is 0 Å². The Labute approximate surface area is 210 Å². The van der Waals surface area contributed by atoms with Crippen molar-refractivity contribution in [3.63, 3.8) is 0 Å². The molecule has 2 aromatic rings. The highest BCUT2D eigenvalue weighted by Gasteiger charge is 2.21. The smallest absolute Gasteiger partial charge is 0.228 e. The summed E-state index contributed by atoms with van der Waals surface area (Å²) in [5.74, 6) is 0.232. The van der Waals surface area contributed by atoms with Crippen LogP contribution in [-0.4, -0.2) is 55.0 Å². The Morgan fingerprint density at radius 1 is 0.844 bits per heavy atom. The van der Waals surface area contributed by atoms with E-state index in [2.05, 4.69) is 62.9 Å². The Morgan fingerprint density at radius 2 is 1.41 bits per heavy atom. The van der Waals surface area contributed by atoms with Crippen molar-refractivity contribution < 1.29 is 4.79 Å². The molecule has 5 nitrogen and oxygen atoms in total. The molecule has 8 heteroatoms. The summed E-state index contributed by atoms with van der Waals surface area (Å²) in [6.45, 7) is 8.25. The summed E-state index contributed by atoms with van der Waals surface area (Å²) in [6, 6.07) is 19.1. The first-order valence-electron chi connectivity index (χ1n) is 10.9. The maximum atomic E-state index is 12.4.